The molecular formula is C14H18ClN3O3. The lowest BCUT2D eigenvalue weighted by Crippen LogP contribution is -2.45. The second-order valence-corrected chi connectivity index (χ2v) is 5.35. The van der Waals surface area contributed by atoms with Gasteiger partial charge in [-0.25, -0.2) is 0 Å². The highest BCUT2D eigenvalue weighted by atomic mass is 35.5. The number of hydrogen-bond acceptors (Lipinski definition) is 4. The molecule has 1 aromatic carbocycles. The molecule has 1 aliphatic rings. The van der Waals surface area contributed by atoms with Crippen LogP contribution in [0, 0.1) is 0 Å². The number of carbonyl (C=O) groups excluding carboxylic acids is 2. The van der Waals surface area contributed by atoms with Crippen molar-refractivity contribution in [3.05, 3.63) is 28.8 Å². The van der Waals surface area contributed by atoms with E-state index in [1.165, 1.54) is 4.90 Å². The molecule has 7 heteroatoms. The first-order valence-corrected chi connectivity index (χ1v) is 7.01. The molecule has 114 valence electrons. The number of morpholine rings is 1. The molecule has 1 atom stereocenters. The average molecular weight is 312 g/mol. The van der Waals surface area contributed by atoms with Crippen molar-refractivity contribution in [2.75, 3.05) is 39.1 Å². The summed E-state index contributed by atoms with van der Waals surface area (Å²) in [5.74, 6) is -0.434. The van der Waals surface area contributed by atoms with E-state index in [0.717, 1.165) is 6.54 Å². The third-order valence-electron chi connectivity index (χ3n) is 3.10. The van der Waals surface area contributed by atoms with E-state index in [2.05, 4.69) is 10.6 Å². The third-order valence-corrected chi connectivity index (χ3v) is 3.43. The van der Waals surface area contributed by atoms with Crippen LogP contribution in [-0.4, -0.2) is 56.6 Å². The topological polar surface area (TPSA) is 70.7 Å². The van der Waals surface area contributed by atoms with Gasteiger partial charge in [0.2, 0.25) is 0 Å². The molecule has 0 spiro atoms. The van der Waals surface area contributed by atoms with Crippen LogP contribution in [0.25, 0.3) is 0 Å². The fraction of sp³-hybridized carbons (Fsp3) is 0.429. The standard InChI is InChI=1S/C14H18ClN3O3/c1-18(2)14(20)9-3-4-10(15)11(7-9)17-13(19)12-8-16-5-6-21-12/h3-4,7,12,16H,5-6,8H2,1-2H3,(H,17,19). The van der Waals surface area contributed by atoms with Crippen LogP contribution in [0.1, 0.15) is 10.4 Å². The number of nitrogens with one attached hydrogen (secondary N) is 2. The fourth-order valence-corrected chi connectivity index (χ4v) is 2.12. The average Bonchev–Trinajstić information content (AvgIpc) is 2.49. The van der Waals surface area contributed by atoms with E-state index in [0.29, 0.717) is 29.4 Å². The van der Waals surface area contributed by atoms with Crippen molar-refractivity contribution >= 4 is 29.1 Å². The monoisotopic (exact) mass is 311 g/mol. The number of carbonyl (C=O) groups is 2. The Balaban J connectivity index is 2.13. The van der Waals surface area contributed by atoms with Gasteiger partial charge < -0.3 is 20.3 Å². The maximum Gasteiger partial charge on any atom is 0.254 e. The molecule has 0 saturated carbocycles. The number of ether oxygens (including phenoxy) is 1. The molecule has 1 fully saturated rings. The number of anilines is 1. The minimum Gasteiger partial charge on any atom is -0.366 e. The van der Waals surface area contributed by atoms with Crippen LogP contribution < -0.4 is 10.6 Å². The first kappa shape index (κ1) is 15.8. The van der Waals surface area contributed by atoms with Gasteiger partial charge in [-0.05, 0) is 18.2 Å². The Morgan fingerprint density at radius 1 is 1.43 bits per heavy atom. The van der Waals surface area contributed by atoms with E-state index >= 15 is 0 Å². The smallest absolute Gasteiger partial charge is 0.254 e. The number of halogens is 1. The molecule has 21 heavy (non-hydrogen) atoms. The highest BCUT2D eigenvalue weighted by Gasteiger charge is 2.22. The lowest BCUT2D eigenvalue weighted by atomic mass is 10.1. The van der Waals surface area contributed by atoms with Crippen molar-refractivity contribution < 1.29 is 14.3 Å². The van der Waals surface area contributed by atoms with Gasteiger partial charge in [-0.1, -0.05) is 11.6 Å². The van der Waals surface area contributed by atoms with Crippen LogP contribution in [0.15, 0.2) is 18.2 Å². The molecule has 1 aromatic rings. The van der Waals surface area contributed by atoms with Crippen molar-refractivity contribution in [3.63, 3.8) is 0 Å². The van der Waals surface area contributed by atoms with Gasteiger partial charge >= 0.3 is 0 Å². The highest BCUT2D eigenvalue weighted by molar-refractivity contribution is 6.34. The summed E-state index contributed by atoms with van der Waals surface area (Å²) in [6.07, 6.45) is -0.553. The minimum atomic E-state index is -0.553. The zero-order chi connectivity index (χ0) is 15.4. The molecule has 2 amide bonds. The molecule has 2 N–H and O–H groups in total. The molecule has 1 aliphatic heterocycles. The molecule has 1 unspecified atom stereocenters. The Labute approximate surface area is 128 Å². The highest BCUT2D eigenvalue weighted by Crippen LogP contribution is 2.24. The van der Waals surface area contributed by atoms with Gasteiger partial charge in [-0.3, -0.25) is 9.59 Å². The summed E-state index contributed by atoms with van der Waals surface area (Å²) in [6.45, 7) is 1.68. The van der Waals surface area contributed by atoms with Gasteiger partial charge in [0.25, 0.3) is 11.8 Å². The third kappa shape index (κ3) is 3.93. The Hall–Kier alpha value is -1.63. The van der Waals surface area contributed by atoms with Crippen molar-refractivity contribution in [3.8, 4) is 0 Å². The second kappa shape index (κ2) is 6.89. The predicted octanol–water partition coefficient (Wildman–Crippen LogP) is 0.969. The summed E-state index contributed by atoms with van der Waals surface area (Å²) in [5.41, 5.74) is 0.867. The summed E-state index contributed by atoms with van der Waals surface area (Å²) < 4.78 is 5.37. The lowest BCUT2D eigenvalue weighted by Gasteiger charge is -2.23. The van der Waals surface area contributed by atoms with Crippen LogP contribution in [0.3, 0.4) is 0 Å². The Morgan fingerprint density at radius 3 is 2.81 bits per heavy atom. The Bertz CT molecular complexity index is 542. The quantitative estimate of drug-likeness (QED) is 0.872. The molecule has 0 aromatic heterocycles. The summed E-state index contributed by atoms with van der Waals surface area (Å²) in [7, 11) is 3.33. The van der Waals surface area contributed by atoms with E-state index < -0.39 is 6.10 Å². The van der Waals surface area contributed by atoms with Crippen LogP contribution in [0.2, 0.25) is 5.02 Å². The van der Waals surface area contributed by atoms with Crippen molar-refractivity contribution in [1.29, 1.82) is 0 Å². The van der Waals surface area contributed by atoms with Crippen LogP contribution >= 0.6 is 11.6 Å². The first-order chi connectivity index (χ1) is 9.99. The number of hydrogen-bond donors (Lipinski definition) is 2. The van der Waals surface area contributed by atoms with E-state index in [1.807, 2.05) is 0 Å². The SMILES string of the molecule is CN(C)C(=O)c1ccc(Cl)c(NC(=O)C2CNCCO2)c1. The molecule has 0 aliphatic carbocycles. The summed E-state index contributed by atoms with van der Waals surface area (Å²) in [4.78, 5) is 25.5. The molecule has 0 radical (unpaired) electrons. The second-order valence-electron chi connectivity index (χ2n) is 4.95. The maximum atomic E-state index is 12.1. The number of benzene rings is 1. The van der Waals surface area contributed by atoms with Crippen LogP contribution in [0.4, 0.5) is 5.69 Å². The zero-order valence-electron chi connectivity index (χ0n) is 12.0. The molecular weight excluding hydrogens is 294 g/mol. The molecule has 1 saturated heterocycles. The van der Waals surface area contributed by atoms with Crippen molar-refractivity contribution in [2.24, 2.45) is 0 Å². The number of amides is 2. The van der Waals surface area contributed by atoms with Gasteiger partial charge in [-0.2, -0.15) is 0 Å². The molecule has 2 rings (SSSR count). The van der Waals surface area contributed by atoms with Gasteiger partial charge in [0, 0.05) is 32.7 Å². The number of rotatable bonds is 3. The fourth-order valence-electron chi connectivity index (χ4n) is 1.96. The van der Waals surface area contributed by atoms with E-state index in [1.54, 1.807) is 32.3 Å². The summed E-state index contributed by atoms with van der Waals surface area (Å²) >= 11 is 6.07. The predicted molar refractivity (Wildman–Crippen MR) is 80.7 cm³/mol. The van der Waals surface area contributed by atoms with Crippen molar-refractivity contribution in [1.82, 2.24) is 10.2 Å². The Kier molecular flexibility index (Phi) is 5.17. The van der Waals surface area contributed by atoms with Gasteiger partial charge in [0.05, 0.1) is 17.3 Å². The molecule has 0 bridgehead atoms. The van der Waals surface area contributed by atoms with Gasteiger partial charge in [0.15, 0.2) is 0 Å². The zero-order valence-corrected chi connectivity index (χ0v) is 12.7. The lowest BCUT2D eigenvalue weighted by molar-refractivity contribution is -0.128. The first-order valence-electron chi connectivity index (χ1n) is 6.63. The Morgan fingerprint density at radius 2 is 2.19 bits per heavy atom. The normalized spacial score (nSPS) is 18.1. The maximum absolute atomic E-state index is 12.1. The van der Waals surface area contributed by atoms with E-state index in [9.17, 15) is 9.59 Å². The van der Waals surface area contributed by atoms with Crippen LogP contribution in [-0.2, 0) is 9.53 Å². The van der Waals surface area contributed by atoms with Crippen molar-refractivity contribution in [2.45, 2.75) is 6.10 Å². The van der Waals surface area contributed by atoms with Gasteiger partial charge in [0.1, 0.15) is 6.10 Å². The van der Waals surface area contributed by atoms with Crippen LogP contribution in [0.5, 0.6) is 0 Å². The summed E-state index contributed by atoms with van der Waals surface area (Å²) in [6, 6.07) is 4.78. The minimum absolute atomic E-state index is 0.155. The number of nitrogens with zero attached hydrogens (tertiary/aromatic N) is 1. The molecule has 1 heterocycles. The van der Waals surface area contributed by atoms with E-state index in [4.69, 9.17) is 16.3 Å². The summed E-state index contributed by atoms with van der Waals surface area (Å²) in [5, 5.41) is 6.17. The van der Waals surface area contributed by atoms with E-state index in [-0.39, 0.29) is 11.8 Å². The largest absolute Gasteiger partial charge is 0.366 e. The van der Waals surface area contributed by atoms with Gasteiger partial charge in [-0.15, -0.1) is 0 Å². The molecule has 6 nitrogen and oxygen atoms in total.